The van der Waals surface area contributed by atoms with E-state index in [4.69, 9.17) is 11.6 Å². The Morgan fingerprint density at radius 2 is 2.00 bits per heavy atom. The van der Waals surface area contributed by atoms with Gasteiger partial charge in [-0.05, 0) is 12.1 Å². The van der Waals surface area contributed by atoms with E-state index in [2.05, 4.69) is 4.74 Å². The van der Waals surface area contributed by atoms with Crippen LogP contribution in [0.15, 0.2) is 12.1 Å². The first kappa shape index (κ1) is 9.19. The molecule has 0 N–H and O–H groups in total. The molecule has 1 rings (SSSR count). The zero-order valence-electron chi connectivity index (χ0n) is 5.78. The molecular weight excluding hydrogens is 193 g/mol. The van der Waals surface area contributed by atoms with Crippen LogP contribution in [0.4, 0.5) is 13.2 Å². The molecule has 0 spiro atoms. The fourth-order valence-corrected chi connectivity index (χ4v) is 0.835. The molecule has 0 unspecified atom stereocenters. The van der Waals surface area contributed by atoms with Crippen LogP contribution in [-0.4, -0.2) is 6.86 Å². The summed E-state index contributed by atoms with van der Waals surface area (Å²) in [5.74, 6) is -2.39. The van der Waals surface area contributed by atoms with Crippen molar-refractivity contribution in [3.63, 3.8) is 0 Å². The summed E-state index contributed by atoms with van der Waals surface area (Å²) < 4.78 is 41.0. The Hall–Kier alpha value is -0.900. The van der Waals surface area contributed by atoms with E-state index >= 15 is 0 Å². The van der Waals surface area contributed by atoms with Crippen LogP contribution in [0.5, 0.6) is 5.75 Å². The van der Waals surface area contributed by atoms with Gasteiger partial charge < -0.3 is 4.74 Å². The van der Waals surface area contributed by atoms with Gasteiger partial charge in [0.25, 0.3) is 0 Å². The lowest BCUT2D eigenvalue weighted by Crippen LogP contribution is -1.95. The molecule has 0 radical (unpaired) electrons. The normalized spacial score (nSPS) is 10.0. The molecule has 0 atom stereocenters. The Kier molecular flexibility index (Phi) is 2.81. The van der Waals surface area contributed by atoms with E-state index in [0.29, 0.717) is 0 Å². The molecule has 0 saturated carbocycles. The number of hydrogen-bond acceptors (Lipinski definition) is 1. The van der Waals surface area contributed by atoms with Crippen LogP contribution in [0.1, 0.15) is 0 Å². The molecule has 1 aromatic rings. The second-order valence-electron chi connectivity index (χ2n) is 1.93. The van der Waals surface area contributed by atoms with Gasteiger partial charge in [-0.25, -0.2) is 13.2 Å². The van der Waals surface area contributed by atoms with Gasteiger partial charge >= 0.3 is 0 Å². The van der Waals surface area contributed by atoms with Crippen molar-refractivity contribution in [2.45, 2.75) is 0 Å². The standard InChI is InChI=1S/C7H4ClF3O/c8-6-4(10)1-2-5(7(6)11)12-3-9/h1-2H,3H2. The number of alkyl halides is 1. The van der Waals surface area contributed by atoms with Crippen LogP contribution >= 0.6 is 11.6 Å². The summed E-state index contributed by atoms with van der Waals surface area (Å²) in [6.45, 7) is -1.18. The monoisotopic (exact) mass is 196 g/mol. The van der Waals surface area contributed by atoms with E-state index in [1.54, 1.807) is 0 Å². The molecule has 1 nitrogen and oxygen atoms in total. The summed E-state index contributed by atoms with van der Waals surface area (Å²) in [6.07, 6.45) is 0. The van der Waals surface area contributed by atoms with E-state index in [0.717, 1.165) is 12.1 Å². The van der Waals surface area contributed by atoms with Crippen molar-refractivity contribution in [3.8, 4) is 5.75 Å². The van der Waals surface area contributed by atoms with Gasteiger partial charge in [-0.1, -0.05) is 11.6 Å². The van der Waals surface area contributed by atoms with Crippen LogP contribution in [0.2, 0.25) is 5.02 Å². The first-order chi connectivity index (χ1) is 5.66. The summed E-state index contributed by atoms with van der Waals surface area (Å²) in [5, 5.41) is -0.694. The largest absolute Gasteiger partial charge is 0.460 e. The smallest absolute Gasteiger partial charge is 0.228 e. The molecule has 0 saturated heterocycles. The molecule has 0 aliphatic carbocycles. The first-order valence-electron chi connectivity index (χ1n) is 2.99. The van der Waals surface area contributed by atoms with Crippen molar-refractivity contribution < 1.29 is 17.9 Å². The highest BCUT2D eigenvalue weighted by atomic mass is 35.5. The summed E-state index contributed by atoms with van der Waals surface area (Å²) in [5.41, 5.74) is 0. The lowest BCUT2D eigenvalue weighted by Gasteiger charge is -2.03. The average Bonchev–Trinajstić information content (AvgIpc) is 2.07. The van der Waals surface area contributed by atoms with Gasteiger partial charge in [0.2, 0.25) is 6.86 Å². The van der Waals surface area contributed by atoms with E-state index in [1.807, 2.05) is 0 Å². The lowest BCUT2D eigenvalue weighted by atomic mass is 10.3. The molecule has 0 fully saturated rings. The average molecular weight is 197 g/mol. The fraction of sp³-hybridized carbons (Fsp3) is 0.143. The Morgan fingerprint density at radius 1 is 1.33 bits per heavy atom. The van der Waals surface area contributed by atoms with Crippen molar-refractivity contribution >= 4 is 11.6 Å². The molecule has 0 bridgehead atoms. The van der Waals surface area contributed by atoms with Crippen LogP contribution in [0, 0.1) is 11.6 Å². The van der Waals surface area contributed by atoms with Crippen LogP contribution < -0.4 is 4.74 Å². The lowest BCUT2D eigenvalue weighted by molar-refractivity contribution is 0.184. The van der Waals surface area contributed by atoms with E-state index in [9.17, 15) is 13.2 Å². The number of ether oxygens (including phenoxy) is 1. The van der Waals surface area contributed by atoms with Crippen LogP contribution in [0.3, 0.4) is 0 Å². The Bertz CT molecular complexity index is 290. The van der Waals surface area contributed by atoms with Gasteiger partial charge in [-0.15, -0.1) is 0 Å². The molecule has 0 aromatic heterocycles. The van der Waals surface area contributed by atoms with Crippen molar-refractivity contribution in [1.82, 2.24) is 0 Å². The number of halogens is 4. The highest BCUT2D eigenvalue weighted by Gasteiger charge is 2.11. The predicted molar refractivity (Wildman–Crippen MR) is 38.0 cm³/mol. The third-order valence-corrected chi connectivity index (χ3v) is 1.56. The Labute approximate surface area is 71.7 Å². The summed E-state index contributed by atoms with van der Waals surface area (Å²) in [4.78, 5) is 0. The third kappa shape index (κ3) is 1.64. The molecule has 12 heavy (non-hydrogen) atoms. The zero-order valence-corrected chi connectivity index (χ0v) is 6.54. The molecule has 66 valence electrons. The van der Waals surface area contributed by atoms with Gasteiger partial charge in [0.1, 0.15) is 10.8 Å². The Balaban J connectivity index is 3.08. The molecule has 5 heteroatoms. The summed E-state index contributed by atoms with van der Waals surface area (Å²) in [6, 6.07) is 1.87. The van der Waals surface area contributed by atoms with E-state index < -0.39 is 29.3 Å². The third-order valence-electron chi connectivity index (χ3n) is 1.21. The maximum absolute atomic E-state index is 12.8. The highest BCUT2D eigenvalue weighted by molar-refractivity contribution is 6.31. The molecule has 0 aliphatic heterocycles. The second kappa shape index (κ2) is 3.67. The number of benzene rings is 1. The summed E-state index contributed by atoms with van der Waals surface area (Å²) in [7, 11) is 0. The van der Waals surface area contributed by atoms with E-state index in [1.165, 1.54) is 0 Å². The topological polar surface area (TPSA) is 9.23 Å². The minimum absolute atomic E-state index is 0.399. The summed E-state index contributed by atoms with van der Waals surface area (Å²) >= 11 is 5.17. The minimum Gasteiger partial charge on any atom is -0.460 e. The van der Waals surface area contributed by atoms with Crippen LogP contribution in [0.25, 0.3) is 0 Å². The molecule has 0 heterocycles. The quantitative estimate of drug-likeness (QED) is 0.661. The van der Waals surface area contributed by atoms with E-state index in [-0.39, 0.29) is 0 Å². The highest BCUT2D eigenvalue weighted by Crippen LogP contribution is 2.26. The molecular formula is C7H4ClF3O. The van der Waals surface area contributed by atoms with Crippen molar-refractivity contribution in [2.24, 2.45) is 0 Å². The Morgan fingerprint density at radius 3 is 2.58 bits per heavy atom. The maximum atomic E-state index is 12.8. The molecule has 1 aromatic carbocycles. The predicted octanol–water partition coefficient (Wildman–Crippen LogP) is 2.92. The van der Waals surface area contributed by atoms with Gasteiger partial charge in [0.05, 0.1) is 0 Å². The van der Waals surface area contributed by atoms with Crippen molar-refractivity contribution in [1.29, 1.82) is 0 Å². The van der Waals surface area contributed by atoms with Gasteiger partial charge in [-0.3, -0.25) is 0 Å². The number of rotatable bonds is 2. The van der Waals surface area contributed by atoms with Gasteiger partial charge in [0.15, 0.2) is 11.6 Å². The van der Waals surface area contributed by atoms with Gasteiger partial charge in [0, 0.05) is 0 Å². The molecule has 0 aliphatic rings. The fourth-order valence-electron chi connectivity index (χ4n) is 0.678. The molecule has 0 amide bonds. The maximum Gasteiger partial charge on any atom is 0.228 e. The number of hydrogen-bond donors (Lipinski definition) is 0. The van der Waals surface area contributed by atoms with Crippen LogP contribution in [-0.2, 0) is 0 Å². The van der Waals surface area contributed by atoms with Crippen molar-refractivity contribution in [3.05, 3.63) is 28.8 Å². The SMILES string of the molecule is FCOc1ccc(F)c(Cl)c1F. The zero-order chi connectivity index (χ0) is 9.14. The van der Waals surface area contributed by atoms with Crippen molar-refractivity contribution in [2.75, 3.05) is 6.86 Å². The first-order valence-corrected chi connectivity index (χ1v) is 3.37. The minimum atomic E-state index is -1.18. The second-order valence-corrected chi connectivity index (χ2v) is 2.30. The van der Waals surface area contributed by atoms with Gasteiger partial charge in [-0.2, -0.15) is 0 Å².